The SMILES string of the molecule is NCCNc1ccc(Nc2cc(NCc3cc(F)cc(F)c3)c(C(N)=O)cn2)cc1. The van der Waals surface area contributed by atoms with Gasteiger partial charge in [0.2, 0.25) is 0 Å². The zero-order chi connectivity index (χ0) is 21.5. The van der Waals surface area contributed by atoms with Gasteiger partial charge in [-0.15, -0.1) is 0 Å². The summed E-state index contributed by atoms with van der Waals surface area (Å²) in [5.41, 5.74) is 13.6. The minimum absolute atomic E-state index is 0.0971. The van der Waals surface area contributed by atoms with E-state index in [0.29, 0.717) is 30.2 Å². The number of carbonyl (C=O) groups is 1. The van der Waals surface area contributed by atoms with E-state index < -0.39 is 17.5 Å². The van der Waals surface area contributed by atoms with Crippen LogP contribution >= 0.6 is 0 Å². The van der Waals surface area contributed by atoms with Gasteiger partial charge in [0, 0.05) is 49.3 Å². The molecule has 3 rings (SSSR count). The third-order valence-corrected chi connectivity index (χ3v) is 4.21. The van der Waals surface area contributed by atoms with Crippen molar-refractivity contribution in [3.63, 3.8) is 0 Å². The van der Waals surface area contributed by atoms with Gasteiger partial charge in [-0.3, -0.25) is 4.79 Å². The first-order valence-electron chi connectivity index (χ1n) is 9.24. The molecule has 0 atom stereocenters. The van der Waals surface area contributed by atoms with Gasteiger partial charge in [-0.1, -0.05) is 0 Å². The lowest BCUT2D eigenvalue weighted by Gasteiger charge is -2.13. The number of nitrogens with one attached hydrogen (secondary N) is 3. The molecule has 7 nitrogen and oxygen atoms in total. The van der Waals surface area contributed by atoms with Crippen LogP contribution in [0, 0.1) is 11.6 Å². The number of aromatic nitrogens is 1. The third-order valence-electron chi connectivity index (χ3n) is 4.21. The fourth-order valence-electron chi connectivity index (χ4n) is 2.81. The smallest absolute Gasteiger partial charge is 0.252 e. The Morgan fingerprint density at radius 3 is 2.27 bits per heavy atom. The summed E-state index contributed by atoms with van der Waals surface area (Å²) in [5, 5.41) is 9.29. The predicted molar refractivity (Wildman–Crippen MR) is 114 cm³/mol. The number of halogens is 2. The Morgan fingerprint density at radius 1 is 0.967 bits per heavy atom. The van der Waals surface area contributed by atoms with Crippen LogP contribution in [0.25, 0.3) is 0 Å². The number of nitrogens with zero attached hydrogens (tertiary/aromatic N) is 1. The van der Waals surface area contributed by atoms with Gasteiger partial charge in [0.15, 0.2) is 0 Å². The second-order valence-corrected chi connectivity index (χ2v) is 6.53. The molecule has 9 heteroatoms. The Kier molecular flexibility index (Phi) is 6.76. The molecular weight excluding hydrogens is 390 g/mol. The minimum Gasteiger partial charge on any atom is -0.384 e. The van der Waals surface area contributed by atoms with Crippen molar-refractivity contribution < 1.29 is 13.6 Å². The molecule has 0 aliphatic rings. The van der Waals surface area contributed by atoms with E-state index in [-0.39, 0.29) is 12.1 Å². The molecule has 0 bridgehead atoms. The average Bonchev–Trinajstić information content (AvgIpc) is 2.71. The summed E-state index contributed by atoms with van der Waals surface area (Å²) in [6.45, 7) is 1.31. The highest BCUT2D eigenvalue weighted by molar-refractivity contribution is 5.98. The summed E-state index contributed by atoms with van der Waals surface area (Å²) in [6, 6.07) is 12.3. The van der Waals surface area contributed by atoms with Gasteiger partial charge in [0.25, 0.3) is 5.91 Å². The van der Waals surface area contributed by atoms with Crippen molar-refractivity contribution in [3.05, 3.63) is 77.5 Å². The van der Waals surface area contributed by atoms with Gasteiger partial charge in [0.1, 0.15) is 17.5 Å². The Bertz CT molecular complexity index is 1010. The second-order valence-electron chi connectivity index (χ2n) is 6.53. The molecule has 1 heterocycles. The van der Waals surface area contributed by atoms with Crippen LogP contribution in [0.5, 0.6) is 0 Å². The van der Waals surface area contributed by atoms with Gasteiger partial charge >= 0.3 is 0 Å². The molecule has 0 saturated heterocycles. The van der Waals surface area contributed by atoms with Crippen molar-refractivity contribution in [3.8, 4) is 0 Å². The van der Waals surface area contributed by atoms with E-state index in [1.807, 2.05) is 24.3 Å². The van der Waals surface area contributed by atoms with E-state index in [4.69, 9.17) is 11.5 Å². The highest BCUT2D eigenvalue weighted by atomic mass is 19.1. The molecular formula is C21H22F2N6O. The number of benzene rings is 2. The number of nitrogens with two attached hydrogens (primary N) is 2. The third kappa shape index (κ3) is 5.65. The fraction of sp³-hybridized carbons (Fsp3) is 0.143. The number of anilines is 4. The molecule has 7 N–H and O–H groups in total. The van der Waals surface area contributed by atoms with E-state index in [1.165, 1.54) is 18.3 Å². The Hall–Kier alpha value is -3.72. The number of hydrogen-bond acceptors (Lipinski definition) is 6. The number of primary amides is 1. The largest absolute Gasteiger partial charge is 0.384 e. The Labute approximate surface area is 172 Å². The fourth-order valence-corrected chi connectivity index (χ4v) is 2.81. The Balaban J connectivity index is 1.76. The maximum Gasteiger partial charge on any atom is 0.252 e. The molecule has 1 aromatic heterocycles. The lowest BCUT2D eigenvalue weighted by atomic mass is 10.1. The first-order chi connectivity index (χ1) is 14.4. The summed E-state index contributed by atoms with van der Waals surface area (Å²) < 4.78 is 26.8. The van der Waals surface area contributed by atoms with Crippen molar-refractivity contribution in [1.29, 1.82) is 0 Å². The number of rotatable bonds is 9. The zero-order valence-electron chi connectivity index (χ0n) is 16.1. The predicted octanol–water partition coefficient (Wildman–Crippen LogP) is 3.19. The number of pyridine rings is 1. The molecule has 0 aliphatic heterocycles. The van der Waals surface area contributed by atoms with Crippen LogP contribution in [-0.2, 0) is 6.54 Å². The minimum atomic E-state index is -0.677. The Morgan fingerprint density at radius 2 is 1.63 bits per heavy atom. The number of hydrogen-bond donors (Lipinski definition) is 5. The normalized spacial score (nSPS) is 10.5. The van der Waals surface area contributed by atoms with E-state index in [1.54, 1.807) is 6.07 Å². The topological polar surface area (TPSA) is 118 Å². The molecule has 1 amide bonds. The number of amides is 1. The van der Waals surface area contributed by atoms with Crippen molar-refractivity contribution in [1.82, 2.24) is 4.98 Å². The monoisotopic (exact) mass is 412 g/mol. The van der Waals surface area contributed by atoms with Crippen molar-refractivity contribution in [2.24, 2.45) is 11.5 Å². The molecule has 2 aromatic carbocycles. The molecule has 156 valence electrons. The van der Waals surface area contributed by atoms with Crippen LogP contribution in [-0.4, -0.2) is 24.0 Å². The first-order valence-corrected chi connectivity index (χ1v) is 9.24. The molecule has 0 radical (unpaired) electrons. The van der Waals surface area contributed by atoms with Crippen LogP contribution in [0.15, 0.2) is 54.7 Å². The van der Waals surface area contributed by atoms with E-state index in [2.05, 4.69) is 20.9 Å². The molecule has 3 aromatic rings. The maximum absolute atomic E-state index is 13.4. The van der Waals surface area contributed by atoms with Crippen LogP contribution in [0.3, 0.4) is 0 Å². The molecule has 30 heavy (non-hydrogen) atoms. The van der Waals surface area contributed by atoms with E-state index in [0.717, 1.165) is 17.4 Å². The zero-order valence-corrected chi connectivity index (χ0v) is 16.1. The molecule has 0 aliphatic carbocycles. The van der Waals surface area contributed by atoms with Gasteiger partial charge in [0.05, 0.1) is 11.3 Å². The van der Waals surface area contributed by atoms with Crippen LogP contribution in [0.4, 0.5) is 31.7 Å². The van der Waals surface area contributed by atoms with E-state index >= 15 is 0 Å². The lowest BCUT2D eigenvalue weighted by Crippen LogP contribution is -2.15. The highest BCUT2D eigenvalue weighted by Crippen LogP contribution is 2.23. The quantitative estimate of drug-likeness (QED) is 0.368. The molecule has 0 fully saturated rings. The molecule has 0 saturated carbocycles. The maximum atomic E-state index is 13.4. The van der Waals surface area contributed by atoms with E-state index in [9.17, 15) is 13.6 Å². The second kappa shape index (κ2) is 9.66. The first kappa shape index (κ1) is 21.0. The standard InChI is InChI=1S/C21H22F2N6O/c22-14-7-13(8-15(23)9-14)11-27-19-10-20(28-12-18(19)21(25)30)29-17-3-1-16(2-4-17)26-6-5-24/h1-4,7-10,12,26H,5-6,11,24H2,(H2,25,30)(H2,27,28,29). The van der Waals surface area contributed by atoms with Gasteiger partial charge < -0.3 is 27.4 Å². The summed E-state index contributed by atoms with van der Waals surface area (Å²) >= 11 is 0. The van der Waals surface area contributed by atoms with Crippen LogP contribution < -0.4 is 27.4 Å². The molecule has 0 unspecified atom stereocenters. The summed E-state index contributed by atoms with van der Waals surface area (Å²) in [5.74, 6) is -1.56. The highest BCUT2D eigenvalue weighted by Gasteiger charge is 2.11. The van der Waals surface area contributed by atoms with Crippen molar-refractivity contribution in [2.45, 2.75) is 6.54 Å². The molecule has 0 spiro atoms. The lowest BCUT2D eigenvalue weighted by molar-refractivity contribution is 0.100. The summed E-state index contributed by atoms with van der Waals surface area (Å²) in [4.78, 5) is 15.9. The number of carbonyl (C=O) groups excluding carboxylic acids is 1. The van der Waals surface area contributed by atoms with Crippen LogP contribution in [0.1, 0.15) is 15.9 Å². The summed E-state index contributed by atoms with van der Waals surface area (Å²) in [6.07, 6.45) is 1.34. The van der Waals surface area contributed by atoms with Crippen molar-refractivity contribution in [2.75, 3.05) is 29.0 Å². The van der Waals surface area contributed by atoms with Gasteiger partial charge in [-0.25, -0.2) is 13.8 Å². The average molecular weight is 412 g/mol. The van der Waals surface area contributed by atoms with Crippen molar-refractivity contribution >= 4 is 28.8 Å². The van der Waals surface area contributed by atoms with Gasteiger partial charge in [-0.05, 0) is 42.0 Å². The summed E-state index contributed by atoms with van der Waals surface area (Å²) in [7, 11) is 0. The van der Waals surface area contributed by atoms with Gasteiger partial charge in [-0.2, -0.15) is 0 Å². The van der Waals surface area contributed by atoms with Crippen LogP contribution in [0.2, 0.25) is 0 Å².